The zero-order chi connectivity index (χ0) is 12.5. The number of aromatic nitrogens is 3. The lowest BCUT2D eigenvalue weighted by molar-refractivity contribution is 1.02. The van der Waals surface area contributed by atoms with Crippen molar-refractivity contribution in [3.63, 3.8) is 0 Å². The summed E-state index contributed by atoms with van der Waals surface area (Å²) < 4.78 is 1.98. The van der Waals surface area contributed by atoms with Crippen LogP contribution in [0.1, 0.15) is 0 Å². The number of imidazole rings is 1. The van der Waals surface area contributed by atoms with E-state index in [1.165, 1.54) is 0 Å². The fraction of sp³-hybridized carbons (Fsp3) is 0.143. The molecule has 3 rings (SSSR count). The summed E-state index contributed by atoms with van der Waals surface area (Å²) in [6.45, 7) is 0. The molecule has 0 spiro atoms. The van der Waals surface area contributed by atoms with Gasteiger partial charge >= 0.3 is 0 Å². The van der Waals surface area contributed by atoms with Gasteiger partial charge in [-0.1, -0.05) is 30.3 Å². The standard InChI is InChI=1S/C14H14N4/c1-17(2)13-10-15-14-16-12(8-9-18(13)14)11-6-4-3-5-7-11/h3-10H,1-2H3. The topological polar surface area (TPSA) is 33.4 Å². The van der Waals surface area contributed by atoms with Gasteiger partial charge in [-0.15, -0.1) is 0 Å². The SMILES string of the molecule is CN(C)c1cnc2nc(-c3ccccc3)ccn12. The molecule has 2 aromatic heterocycles. The lowest BCUT2D eigenvalue weighted by Crippen LogP contribution is -2.11. The molecule has 0 aliphatic carbocycles. The highest BCUT2D eigenvalue weighted by Gasteiger charge is 2.07. The van der Waals surface area contributed by atoms with Gasteiger partial charge in [-0.2, -0.15) is 0 Å². The minimum atomic E-state index is 0.722. The van der Waals surface area contributed by atoms with Crippen LogP contribution in [0.5, 0.6) is 0 Å². The molecule has 0 saturated carbocycles. The summed E-state index contributed by atoms with van der Waals surface area (Å²) in [5, 5.41) is 0. The first-order chi connectivity index (χ1) is 8.75. The molecule has 2 heterocycles. The van der Waals surface area contributed by atoms with Gasteiger partial charge in [-0.3, -0.25) is 4.40 Å². The summed E-state index contributed by atoms with van der Waals surface area (Å²) in [6, 6.07) is 12.1. The molecule has 90 valence electrons. The van der Waals surface area contributed by atoms with E-state index in [1.54, 1.807) is 0 Å². The minimum absolute atomic E-state index is 0.722. The van der Waals surface area contributed by atoms with Crippen molar-refractivity contribution >= 4 is 11.6 Å². The Morgan fingerprint density at radius 1 is 1.06 bits per heavy atom. The van der Waals surface area contributed by atoms with Crippen molar-refractivity contribution < 1.29 is 0 Å². The second kappa shape index (κ2) is 4.14. The van der Waals surface area contributed by atoms with E-state index in [4.69, 9.17) is 0 Å². The predicted molar refractivity (Wildman–Crippen MR) is 72.8 cm³/mol. The Morgan fingerprint density at radius 2 is 1.83 bits per heavy atom. The summed E-state index contributed by atoms with van der Waals surface area (Å²) in [5.74, 6) is 1.75. The van der Waals surface area contributed by atoms with Crippen molar-refractivity contribution in [3.05, 3.63) is 48.8 Å². The number of hydrogen-bond donors (Lipinski definition) is 0. The Kier molecular flexibility index (Phi) is 2.48. The lowest BCUT2D eigenvalue weighted by Gasteiger charge is -2.10. The largest absolute Gasteiger partial charge is 0.362 e. The van der Waals surface area contributed by atoms with Gasteiger partial charge in [0.1, 0.15) is 5.82 Å². The van der Waals surface area contributed by atoms with Gasteiger partial charge in [0, 0.05) is 25.9 Å². The van der Waals surface area contributed by atoms with E-state index >= 15 is 0 Å². The maximum atomic E-state index is 4.57. The highest BCUT2D eigenvalue weighted by atomic mass is 15.2. The second-order valence-electron chi connectivity index (χ2n) is 4.36. The zero-order valence-corrected chi connectivity index (χ0v) is 10.4. The minimum Gasteiger partial charge on any atom is -0.362 e. The molecule has 0 bridgehead atoms. The molecule has 18 heavy (non-hydrogen) atoms. The summed E-state index contributed by atoms with van der Waals surface area (Å²) in [6.07, 6.45) is 3.84. The quantitative estimate of drug-likeness (QED) is 0.687. The second-order valence-corrected chi connectivity index (χ2v) is 4.36. The van der Waals surface area contributed by atoms with E-state index in [0.717, 1.165) is 22.9 Å². The van der Waals surface area contributed by atoms with Crippen LogP contribution >= 0.6 is 0 Å². The number of benzene rings is 1. The molecular weight excluding hydrogens is 224 g/mol. The number of hydrogen-bond acceptors (Lipinski definition) is 3. The van der Waals surface area contributed by atoms with Crippen LogP contribution in [0.3, 0.4) is 0 Å². The van der Waals surface area contributed by atoms with Crippen LogP contribution in [-0.4, -0.2) is 28.5 Å². The van der Waals surface area contributed by atoms with Crippen LogP contribution in [0, 0.1) is 0 Å². The molecule has 0 amide bonds. The first-order valence-electron chi connectivity index (χ1n) is 5.82. The van der Waals surface area contributed by atoms with Crippen LogP contribution in [0.2, 0.25) is 0 Å². The lowest BCUT2D eigenvalue weighted by atomic mass is 10.1. The Hall–Kier alpha value is -2.36. The molecule has 0 saturated heterocycles. The summed E-state index contributed by atoms with van der Waals surface area (Å²) >= 11 is 0. The van der Waals surface area contributed by atoms with Crippen LogP contribution in [0.25, 0.3) is 17.0 Å². The zero-order valence-electron chi connectivity index (χ0n) is 10.4. The van der Waals surface area contributed by atoms with Gasteiger partial charge in [0.15, 0.2) is 0 Å². The molecular formula is C14H14N4. The van der Waals surface area contributed by atoms with E-state index < -0.39 is 0 Å². The molecule has 0 fully saturated rings. The highest BCUT2D eigenvalue weighted by Crippen LogP contribution is 2.19. The average molecular weight is 238 g/mol. The molecule has 0 radical (unpaired) electrons. The van der Waals surface area contributed by atoms with Crippen molar-refractivity contribution in [2.45, 2.75) is 0 Å². The molecule has 0 aliphatic rings. The Morgan fingerprint density at radius 3 is 2.56 bits per heavy atom. The van der Waals surface area contributed by atoms with Gasteiger partial charge < -0.3 is 4.90 Å². The van der Waals surface area contributed by atoms with Crippen molar-refractivity contribution in [2.24, 2.45) is 0 Å². The fourth-order valence-corrected chi connectivity index (χ4v) is 1.96. The maximum Gasteiger partial charge on any atom is 0.235 e. The fourth-order valence-electron chi connectivity index (χ4n) is 1.96. The molecule has 4 nitrogen and oxygen atoms in total. The maximum absolute atomic E-state index is 4.57. The van der Waals surface area contributed by atoms with E-state index in [9.17, 15) is 0 Å². The van der Waals surface area contributed by atoms with E-state index in [-0.39, 0.29) is 0 Å². The van der Waals surface area contributed by atoms with Crippen molar-refractivity contribution in [2.75, 3.05) is 19.0 Å². The Balaban J connectivity index is 2.13. The third-order valence-electron chi connectivity index (χ3n) is 2.89. The van der Waals surface area contributed by atoms with E-state index in [2.05, 4.69) is 22.1 Å². The highest BCUT2D eigenvalue weighted by molar-refractivity contribution is 5.61. The summed E-state index contributed by atoms with van der Waals surface area (Å²) in [7, 11) is 3.99. The van der Waals surface area contributed by atoms with Gasteiger partial charge in [0.2, 0.25) is 5.78 Å². The normalized spacial score (nSPS) is 10.8. The first kappa shape index (κ1) is 10.8. The molecule has 3 aromatic rings. The molecule has 0 unspecified atom stereocenters. The third kappa shape index (κ3) is 1.72. The molecule has 1 aromatic carbocycles. The predicted octanol–water partition coefficient (Wildman–Crippen LogP) is 2.46. The molecule has 0 N–H and O–H groups in total. The van der Waals surface area contributed by atoms with Crippen LogP contribution < -0.4 is 4.90 Å². The van der Waals surface area contributed by atoms with Crippen LogP contribution in [0.4, 0.5) is 5.82 Å². The van der Waals surface area contributed by atoms with Crippen molar-refractivity contribution in [1.82, 2.24) is 14.4 Å². The Labute approximate surface area is 106 Å². The van der Waals surface area contributed by atoms with Crippen molar-refractivity contribution in [1.29, 1.82) is 0 Å². The van der Waals surface area contributed by atoms with Gasteiger partial charge in [-0.25, -0.2) is 9.97 Å². The van der Waals surface area contributed by atoms with Crippen molar-refractivity contribution in [3.8, 4) is 11.3 Å². The van der Waals surface area contributed by atoms with Gasteiger partial charge in [0.05, 0.1) is 11.9 Å². The van der Waals surface area contributed by atoms with Gasteiger partial charge in [0.25, 0.3) is 0 Å². The summed E-state index contributed by atoms with van der Waals surface area (Å²) in [5.41, 5.74) is 2.05. The average Bonchev–Trinajstić information content (AvgIpc) is 2.82. The van der Waals surface area contributed by atoms with E-state index in [0.29, 0.717) is 0 Å². The van der Waals surface area contributed by atoms with Gasteiger partial charge in [-0.05, 0) is 6.07 Å². The van der Waals surface area contributed by atoms with Crippen LogP contribution in [0.15, 0.2) is 48.8 Å². The first-order valence-corrected chi connectivity index (χ1v) is 5.82. The summed E-state index contributed by atoms with van der Waals surface area (Å²) in [4.78, 5) is 10.9. The molecule has 0 atom stereocenters. The number of fused-ring (bicyclic) bond motifs is 1. The number of nitrogens with zero attached hydrogens (tertiary/aromatic N) is 4. The molecule has 0 aliphatic heterocycles. The monoisotopic (exact) mass is 238 g/mol. The number of anilines is 1. The Bertz CT molecular complexity index is 671. The van der Waals surface area contributed by atoms with E-state index in [1.807, 2.05) is 60.1 Å². The third-order valence-corrected chi connectivity index (χ3v) is 2.89. The molecule has 4 heteroatoms. The van der Waals surface area contributed by atoms with Crippen LogP contribution in [-0.2, 0) is 0 Å². The number of rotatable bonds is 2. The smallest absolute Gasteiger partial charge is 0.235 e.